The van der Waals surface area contributed by atoms with Gasteiger partial charge in [0.25, 0.3) is 0 Å². The Morgan fingerprint density at radius 1 is 1.27 bits per heavy atom. The van der Waals surface area contributed by atoms with Crippen LogP contribution in [0, 0.1) is 0 Å². The molecule has 4 nitrogen and oxygen atoms in total. The molecule has 2 rings (SSSR count). The highest BCUT2D eigenvalue weighted by atomic mass is 79.9. The van der Waals surface area contributed by atoms with Gasteiger partial charge in [0, 0.05) is 19.6 Å². The first-order valence-electron chi connectivity index (χ1n) is 7.82. The first-order valence-corrected chi connectivity index (χ1v) is 9.40. The van der Waals surface area contributed by atoms with Crippen LogP contribution in [0.1, 0.15) is 25.3 Å². The van der Waals surface area contributed by atoms with Gasteiger partial charge in [0.2, 0.25) is 0 Å². The number of aliphatic hydroxyl groups is 1. The molecule has 1 heterocycles. The quantitative estimate of drug-likeness (QED) is 0.658. The van der Waals surface area contributed by atoms with Crippen molar-refractivity contribution in [3.63, 3.8) is 0 Å². The summed E-state index contributed by atoms with van der Waals surface area (Å²) in [6.07, 6.45) is 2.20. The lowest BCUT2D eigenvalue weighted by atomic mass is 10.2. The number of ether oxygens (including phenoxy) is 1. The number of likely N-dealkylation sites (tertiary alicyclic amines) is 1. The minimum atomic E-state index is -0.312. The number of rotatable bonds is 8. The van der Waals surface area contributed by atoms with Gasteiger partial charge in [0.15, 0.2) is 0 Å². The molecule has 124 valence electrons. The summed E-state index contributed by atoms with van der Waals surface area (Å²) in [5.74, 6) is 0.834. The van der Waals surface area contributed by atoms with Crippen LogP contribution in [0.3, 0.4) is 0 Å². The molecule has 2 N–H and O–H groups in total. The molecule has 1 aromatic carbocycles. The largest absolute Gasteiger partial charge is 0.492 e. The summed E-state index contributed by atoms with van der Waals surface area (Å²) in [5, 5.41) is 13.4. The normalized spacial score (nSPS) is 16.9. The van der Waals surface area contributed by atoms with Gasteiger partial charge in [-0.1, -0.05) is 0 Å². The Labute approximate surface area is 149 Å². The molecule has 0 radical (unpaired) electrons. The van der Waals surface area contributed by atoms with Crippen molar-refractivity contribution in [2.45, 2.75) is 32.4 Å². The third-order valence-electron chi connectivity index (χ3n) is 3.72. The lowest BCUT2D eigenvalue weighted by Gasteiger charge is -2.19. The van der Waals surface area contributed by atoms with Gasteiger partial charge < -0.3 is 20.1 Å². The Bertz CT molecular complexity index is 456. The number of benzene rings is 1. The van der Waals surface area contributed by atoms with Crippen LogP contribution in [0.15, 0.2) is 21.1 Å². The Morgan fingerprint density at radius 2 is 1.91 bits per heavy atom. The van der Waals surface area contributed by atoms with E-state index in [0.717, 1.165) is 46.4 Å². The smallest absolute Gasteiger partial charge is 0.147 e. The molecular weight excluding hydrogens is 412 g/mol. The van der Waals surface area contributed by atoms with Crippen LogP contribution in [0.2, 0.25) is 0 Å². The van der Waals surface area contributed by atoms with Crippen molar-refractivity contribution in [3.05, 3.63) is 26.6 Å². The van der Waals surface area contributed by atoms with Gasteiger partial charge in [0.1, 0.15) is 5.75 Å². The van der Waals surface area contributed by atoms with Crippen molar-refractivity contribution < 1.29 is 9.84 Å². The number of nitrogens with one attached hydrogen (secondary N) is 1. The van der Waals surface area contributed by atoms with E-state index in [4.69, 9.17) is 4.74 Å². The summed E-state index contributed by atoms with van der Waals surface area (Å²) < 4.78 is 7.47. The summed E-state index contributed by atoms with van der Waals surface area (Å²) in [6, 6.07) is 4.10. The summed E-state index contributed by atoms with van der Waals surface area (Å²) >= 11 is 7.08. The number of nitrogens with zero attached hydrogens (tertiary/aromatic N) is 1. The molecule has 0 aromatic heterocycles. The number of hydrogen-bond donors (Lipinski definition) is 2. The molecule has 0 amide bonds. The molecule has 1 unspecified atom stereocenters. The minimum absolute atomic E-state index is 0.312. The van der Waals surface area contributed by atoms with E-state index in [9.17, 15) is 5.11 Å². The van der Waals surface area contributed by atoms with Gasteiger partial charge in [-0.05, 0) is 82.4 Å². The van der Waals surface area contributed by atoms with Gasteiger partial charge >= 0.3 is 0 Å². The van der Waals surface area contributed by atoms with E-state index < -0.39 is 0 Å². The van der Waals surface area contributed by atoms with Crippen LogP contribution < -0.4 is 10.1 Å². The molecule has 1 aromatic rings. The molecule has 22 heavy (non-hydrogen) atoms. The highest BCUT2D eigenvalue weighted by Gasteiger charge is 2.15. The van der Waals surface area contributed by atoms with Crippen LogP contribution in [-0.2, 0) is 6.54 Å². The molecule has 6 heteroatoms. The highest BCUT2D eigenvalue weighted by Crippen LogP contribution is 2.34. The summed E-state index contributed by atoms with van der Waals surface area (Å²) in [4.78, 5) is 2.33. The fourth-order valence-corrected chi connectivity index (χ4v) is 4.22. The number of halogens is 2. The number of β-amino-alcohol motifs (C(OH)–C–C–N with tert-alkyl or cyclic N) is 1. The fraction of sp³-hybridized carbons (Fsp3) is 0.625. The molecule has 1 aliphatic heterocycles. The van der Waals surface area contributed by atoms with Gasteiger partial charge in [-0.25, -0.2) is 0 Å². The van der Waals surface area contributed by atoms with Crippen molar-refractivity contribution in [1.29, 1.82) is 0 Å². The van der Waals surface area contributed by atoms with E-state index in [1.54, 1.807) is 0 Å². The topological polar surface area (TPSA) is 44.7 Å². The average Bonchev–Trinajstić information content (AvgIpc) is 2.95. The first-order chi connectivity index (χ1) is 10.6. The summed E-state index contributed by atoms with van der Waals surface area (Å²) in [6.45, 7) is 6.95. The zero-order valence-electron chi connectivity index (χ0n) is 12.9. The molecule has 1 fully saturated rings. The third-order valence-corrected chi connectivity index (χ3v) is 4.90. The maximum absolute atomic E-state index is 10.1. The molecule has 0 aliphatic carbocycles. The van der Waals surface area contributed by atoms with Gasteiger partial charge in [-0.2, -0.15) is 0 Å². The third kappa shape index (κ3) is 5.49. The SMILES string of the molecule is CCOc1c(Br)cc(CNCC(O)CN2CCCC2)cc1Br. The Morgan fingerprint density at radius 3 is 2.50 bits per heavy atom. The highest BCUT2D eigenvalue weighted by molar-refractivity contribution is 9.11. The lowest BCUT2D eigenvalue weighted by molar-refractivity contribution is 0.123. The summed E-state index contributed by atoms with van der Waals surface area (Å²) in [7, 11) is 0. The molecule has 0 bridgehead atoms. The number of aliphatic hydroxyl groups excluding tert-OH is 1. The monoisotopic (exact) mass is 434 g/mol. The molecule has 0 spiro atoms. The summed E-state index contributed by atoms with van der Waals surface area (Å²) in [5.41, 5.74) is 1.15. The fourth-order valence-electron chi connectivity index (χ4n) is 2.71. The van der Waals surface area contributed by atoms with E-state index in [-0.39, 0.29) is 6.10 Å². The molecule has 1 atom stereocenters. The second-order valence-electron chi connectivity index (χ2n) is 5.61. The van der Waals surface area contributed by atoms with Crippen molar-refractivity contribution in [2.24, 2.45) is 0 Å². The Kier molecular flexibility index (Phi) is 7.63. The van der Waals surface area contributed by atoms with Gasteiger partial charge in [-0.3, -0.25) is 0 Å². The Balaban J connectivity index is 1.78. The van der Waals surface area contributed by atoms with Crippen LogP contribution in [0.25, 0.3) is 0 Å². The maximum Gasteiger partial charge on any atom is 0.147 e. The minimum Gasteiger partial charge on any atom is -0.492 e. The predicted octanol–water partition coefficient (Wildman–Crippen LogP) is 3.16. The van der Waals surface area contributed by atoms with Crippen LogP contribution >= 0.6 is 31.9 Å². The predicted molar refractivity (Wildman–Crippen MR) is 96.4 cm³/mol. The van der Waals surface area contributed by atoms with Crippen molar-refractivity contribution in [3.8, 4) is 5.75 Å². The molecular formula is C16H24Br2N2O2. The molecule has 1 saturated heterocycles. The zero-order valence-corrected chi connectivity index (χ0v) is 16.1. The molecule has 1 aliphatic rings. The van der Waals surface area contributed by atoms with Gasteiger partial charge in [0.05, 0.1) is 21.7 Å². The zero-order chi connectivity index (χ0) is 15.9. The van der Waals surface area contributed by atoms with E-state index in [1.807, 2.05) is 6.92 Å². The van der Waals surface area contributed by atoms with Crippen molar-refractivity contribution in [2.75, 3.05) is 32.8 Å². The average molecular weight is 436 g/mol. The standard InChI is InChI=1S/C16H24Br2N2O2/c1-2-22-16-14(17)7-12(8-15(16)18)9-19-10-13(21)11-20-5-3-4-6-20/h7-8,13,19,21H,2-6,9-11H2,1H3. The van der Waals surface area contributed by atoms with E-state index in [2.05, 4.69) is 54.2 Å². The van der Waals surface area contributed by atoms with Crippen molar-refractivity contribution >= 4 is 31.9 Å². The second-order valence-corrected chi connectivity index (χ2v) is 7.32. The van der Waals surface area contributed by atoms with Crippen LogP contribution in [0.4, 0.5) is 0 Å². The van der Waals surface area contributed by atoms with Crippen molar-refractivity contribution in [1.82, 2.24) is 10.2 Å². The lowest BCUT2D eigenvalue weighted by Crippen LogP contribution is -2.36. The van der Waals surface area contributed by atoms with E-state index >= 15 is 0 Å². The van der Waals surface area contributed by atoms with Crippen LogP contribution in [0.5, 0.6) is 5.75 Å². The van der Waals surface area contributed by atoms with Gasteiger partial charge in [-0.15, -0.1) is 0 Å². The first kappa shape index (κ1) is 18.2. The second kappa shape index (κ2) is 9.23. The van der Waals surface area contributed by atoms with E-state index in [1.165, 1.54) is 12.8 Å². The maximum atomic E-state index is 10.1. The Hall–Kier alpha value is -0.140. The van der Waals surface area contributed by atoms with Crippen LogP contribution in [-0.4, -0.2) is 48.9 Å². The number of hydrogen-bond acceptors (Lipinski definition) is 4. The van der Waals surface area contributed by atoms with E-state index in [0.29, 0.717) is 13.2 Å². The molecule has 0 saturated carbocycles.